The fraction of sp³-hybridized carbons (Fsp3) is 0.615. The summed E-state index contributed by atoms with van der Waals surface area (Å²) in [5.74, 6) is 1.77. The van der Waals surface area contributed by atoms with Crippen LogP contribution in [-0.4, -0.2) is 17.6 Å². The molecule has 0 spiro atoms. The molecule has 17 heavy (non-hydrogen) atoms. The van der Waals surface area contributed by atoms with Gasteiger partial charge in [0.1, 0.15) is 5.82 Å². The molecule has 0 bridgehead atoms. The molecule has 1 heterocycles. The minimum absolute atomic E-state index is 0.682. The smallest absolute Gasteiger partial charge is 0.143 e. The van der Waals surface area contributed by atoms with Gasteiger partial charge in [-0.3, -0.25) is 0 Å². The Hall–Kier alpha value is -0.770. The van der Waals surface area contributed by atoms with Crippen molar-refractivity contribution in [3.63, 3.8) is 0 Å². The third kappa shape index (κ3) is 3.35. The molecule has 0 aromatic carbocycles. The fourth-order valence-corrected chi connectivity index (χ4v) is 2.50. The number of nitrogens with two attached hydrogens (primary N) is 1. The summed E-state index contributed by atoms with van der Waals surface area (Å²) >= 11 is 3.57. The van der Waals surface area contributed by atoms with Crippen molar-refractivity contribution in [2.24, 2.45) is 5.92 Å². The van der Waals surface area contributed by atoms with Crippen LogP contribution in [0.25, 0.3) is 0 Å². The Morgan fingerprint density at radius 2 is 2.24 bits per heavy atom. The van der Waals surface area contributed by atoms with Crippen molar-refractivity contribution in [3.05, 3.63) is 16.7 Å². The van der Waals surface area contributed by atoms with Gasteiger partial charge >= 0.3 is 0 Å². The number of rotatable bonds is 5. The summed E-state index contributed by atoms with van der Waals surface area (Å²) in [5.41, 5.74) is 6.44. The molecule has 3 nitrogen and oxygen atoms in total. The number of nitrogens with zero attached hydrogens (tertiary/aromatic N) is 2. The van der Waals surface area contributed by atoms with E-state index in [0.717, 1.165) is 22.8 Å². The van der Waals surface area contributed by atoms with Crippen LogP contribution in [0.3, 0.4) is 0 Å². The van der Waals surface area contributed by atoms with Crippen LogP contribution in [0.1, 0.15) is 33.1 Å². The van der Waals surface area contributed by atoms with E-state index in [1.807, 2.05) is 6.07 Å². The van der Waals surface area contributed by atoms with Gasteiger partial charge in [-0.25, -0.2) is 4.98 Å². The number of halogens is 1. The van der Waals surface area contributed by atoms with Crippen LogP contribution in [-0.2, 0) is 0 Å². The summed E-state index contributed by atoms with van der Waals surface area (Å²) in [6.45, 7) is 5.60. The van der Waals surface area contributed by atoms with Crippen molar-refractivity contribution in [2.75, 3.05) is 17.2 Å². The highest BCUT2D eigenvalue weighted by Crippen LogP contribution is 2.35. The average Bonchev–Trinajstić information content (AvgIpc) is 3.04. The second kappa shape index (κ2) is 5.25. The van der Waals surface area contributed by atoms with Gasteiger partial charge in [0, 0.05) is 12.6 Å². The van der Waals surface area contributed by atoms with Crippen LogP contribution in [0.15, 0.2) is 16.7 Å². The van der Waals surface area contributed by atoms with Crippen molar-refractivity contribution >= 4 is 27.4 Å². The van der Waals surface area contributed by atoms with E-state index in [2.05, 4.69) is 39.7 Å². The molecule has 1 saturated carbocycles. The Kier molecular flexibility index (Phi) is 3.92. The van der Waals surface area contributed by atoms with Crippen molar-refractivity contribution in [3.8, 4) is 0 Å². The molecule has 0 radical (unpaired) electrons. The van der Waals surface area contributed by atoms with Crippen LogP contribution in [0, 0.1) is 5.92 Å². The van der Waals surface area contributed by atoms with E-state index in [1.165, 1.54) is 19.3 Å². The van der Waals surface area contributed by atoms with E-state index >= 15 is 0 Å². The van der Waals surface area contributed by atoms with E-state index in [4.69, 9.17) is 5.73 Å². The third-order valence-electron chi connectivity index (χ3n) is 3.05. The van der Waals surface area contributed by atoms with Crippen molar-refractivity contribution in [1.29, 1.82) is 0 Å². The zero-order chi connectivity index (χ0) is 12.4. The van der Waals surface area contributed by atoms with Crippen LogP contribution < -0.4 is 10.6 Å². The van der Waals surface area contributed by atoms with Gasteiger partial charge in [-0.15, -0.1) is 0 Å². The number of hydrogen-bond acceptors (Lipinski definition) is 3. The molecule has 2 rings (SSSR count). The first-order chi connectivity index (χ1) is 8.08. The third-order valence-corrected chi connectivity index (χ3v) is 3.63. The van der Waals surface area contributed by atoms with Gasteiger partial charge in [-0.2, -0.15) is 0 Å². The Balaban J connectivity index is 2.14. The number of anilines is 2. The van der Waals surface area contributed by atoms with Gasteiger partial charge in [-0.1, -0.05) is 13.8 Å². The first-order valence-electron chi connectivity index (χ1n) is 6.25. The minimum atomic E-state index is 0.682. The molecule has 0 unspecified atom stereocenters. The van der Waals surface area contributed by atoms with Crippen molar-refractivity contribution in [1.82, 2.24) is 4.98 Å². The molecule has 2 N–H and O–H groups in total. The maximum absolute atomic E-state index is 5.73. The van der Waals surface area contributed by atoms with Crippen LogP contribution in [0.2, 0.25) is 0 Å². The highest BCUT2D eigenvalue weighted by molar-refractivity contribution is 9.10. The SMILES string of the molecule is CC(C)CCN(c1ncc(N)cc1Br)C1CC1. The van der Waals surface area contributed by atoms with Gasteiger partial charge in [0.05, 0.1) is 16.4 Å². The Morgan fingerprint density at radius 1 is 1.53 bits per heavy atom. The first-order valence-corrected chi connectivity index (χ1v) is 7.05. The molecule has 1 fully saturated rings. The molecule has 1 aromatic rings. The molecule has 4 heteroatoms. The Morgan fingerprint density at radius 3 is 2.76 bits per heavy atom. The Labute approximate surface area is 112 Å². The fourth-order valence-electron chi connectivity index (χ4n) is 1.90. The predicted octanol–water partition coefficient (Wildman–Crippen LogP) is 3.44. The van der Waals surface area contributed by atoms with E-state index in [9.17, 15) is 0 Å². The molecule has 1 aliphatic rings. The zero-order valence-corrected chi connectivity index (χ0v) is 12.1. The summed E-state index contributed by atoms with van der Waals surface area (Å²) in [7, 11) is 0. The van der Waals surface area contributed by atoms with E-state index in [1.54, 1.807) is 6.20 Å². The summed E-state index contributed by atoms with van der Waals surface area (Å²) in [5, 5.41) is 0. The summed E-state index contributed by atoms with van der Waals surface area (Å²) in [4.78, 5) is 6.89. The predicted molar refractivity (Wildman–Crippen MR) is 76.2 cm³/mol. The van der Waals surface area contributed by atoms with Gasteiger partial charge in [-0.05, 0) is 47.2 Å². The summed E-state index contributed by atoms with van der Waals surface area (Å²) in [6.07, 6.45) is 5.52. The lowest BCUT2D eigenvalue weighted by atomic mass is 10.1. The van der Waals surface area contributed by atoms with Crippen LogP contribution in [0.5, 0.6) is 0 Å². The standard InChI is InChI=1S/C13H20BrN3/c1-9(2)5-6-17(11-3-4-11)13-12(14)7-10(15)8-16-13/h7-9,11H,3-6,15H2,1-2H3. The normalized spacial score (nSPS) is 15.3. The largest absolute Gasteiger partial charge is 0.397 e. The van der Waals surface area contributed by atoms with Crippen LogP contribution >= 0.6 is 15.9 Å². The average molecular weight is 298 g/mol. The summed E-state index contributed by atoms with van der Waals surface area (Å²) in [6, 6.07) is 2.62. The first kappa shape index (κ1) is 12.7. The van der Waals surface area contributed by atoms with Crippen molar-refractivity contribution in [2.45, 2.75) is 39.2 Å². The molecule has 1 aliphatic carbocycles. The van der Waals surface area contributed by atoms with E-state index in [-0.39, 0.29) is 0 Å². The topological polar surface area (TPSA) is 42.2 Å². The number of aromatic nitrogens is 1. The number of hydrogen-bond donors (Lipinski definition) is 1. The highest BCUT2D eigenvalue weighted by atomic mass is 79.9. The Bertz CT molecular complexity index is 388. The molecule has 0 atom stereocenters. The van der Waals surface area contributed by atoms with Gasteiger partial charge < -0.3 is 10.6 Å². The quantitative estimate of drug-likeness (QED) is 0.905. The maximum atomic E-state index is 5.73. The van der Waals surface area contributed by atoms with Gasteiger partial charge in [0.15, 0.2) is 0 Å². The number of pyridine rings is 1. The second-order valence-electron chi connectivity index (χ2n) is 5.18. The zero-order valence-electron chi connectivity index (χ0n) is 10.5. The molecule has 94 valence electrons. The lowest BCUT2D eigenvalue weighted by molar-refractivity contribution is 0.568. The molecular formula is C13H20BrN3. The van der Waals surface area contributed by atoms with Gasteiger partial charge in [0.2, 0.25) is 0 Å². The lowest BCUT2D eigenvalue weighted by Crippen LogP contribution is -2.29. The summed E-state index contributed by atoms with van der Waals surface area (Å²) < 4.78 is 1.01. The monoisotopic (exact) mass is 297 g/mol. The molecule has 0 saturated heterocycles. The highest BCUT2D eigenvalue weighted by Gasteiger charge is 2.30. The molecule has 0 amide bonds. The van der Waals surface area contributed by atoms with E-state index < -0.39 is 0 Å². The second-order valence-corrected chi connectivity index (χ2v) is 6.04. The molecule has 0 aliphatic heterocycles. The lowest BCUT2D eigenvalue weighted by Gasteiger charge is -2.25. The number of nitrogen functional groups attached to an aromatic ring is 1. The van der Waals surface area contributed by atoms with Crippen molar-refractivity contribution < 1.29 is 0 Å². The maximum Gasteiger partial charge on any atom is 0.143 e. The van der Waals surface area contributed by atoms with E-state index in [0.29, 0.717) is 11.7 Å². The van der Waals surface area contributed by atoms with Gasteiger partial charge in [0.25, 0.3) is 0 Å². The minimum Gasteiger partial charge on any atom is -0.397 e. The van der Waals surface area contributed by atoms with Crippen LogP contribution in [0.4, 0.5) is 11.5 Å². The molecular weight excluding hydrogens is 278 g/mol. The molecule has 1 aromatic heterocycles.